The summed E-state index contributed by atoms with van der Waals surface area (Å²) in [6, 6.07) is 13.9. The fourth-order valence-corrected chi connectivity index (χ4v) is 2.82. The predicted molar refractivity (Wildman–Crippen MR) is 91.7 cm³/mol. The second-order valence-corrected chi connectivity index (χ2v) is 6.20. The van der Waals surface area contributed by atoms with E-state index in [9.17, 15) is 9.59 Å². The van der Waals surface area contributed by atoms with Gasteiger partial charge in [0.1, 0.15) is 0 Å². The summed E-state index contributed by atoms with van der Waals surface area (Å²) in [5.41, 5.74) is 2.32. The first-order chi connectivity index (χ1) is 11.0. The standard InChI is InChI=1S/C19H16ClNO2/c1-11(2)21-17-16(12-7-9-13(20)10-8-12)18(22)14-5-3-4-6-15(14)19(17)23/h3-11,21H,1-2H3. The van der Waals surface area contributed by atoms with Crippen LogP contribution < -0.4 is 5.32 Å². The number of hydrogen-bond acceptors (Lipinski definition) is 3. The van der Waals surface area contributed by atoms with Gasteiger partial charge in [-0.2, -0.15) is 0 Å². The summed E-state index contributed by atoms with van der Waals surface area (Å²) in [4.78, 5) is 25.8. The van der Waals surface area contributed by atoms with Gasteiger partial charge in [0.25, 0.3) is 0 Å². The molecule has 0 heterocycles. The molecule has 1 aliphatic rings. The first-order valence-electron chi connectivity index (χ1n) is 7.44. The number of ketones is 2. The number of fused-ring (bicyclic) bond motifs is 1. The second-order valence-electron chi connectivity index (χ2n) is 5.76. The maximum absolute atomic E-state index is 13.0. The molecule has 4 heteroatoms. The lowest BCUT2D eigenvalue weighted by Crippen LogP contribution is -2.33. The highest BCUT2D eigenvalue weighted by atomic mass is 35.5. The van der Waals surface area contributed by atoms with Crippen molar-refractivity contribution >= 4 is 28.7 Å². The van der Waals surface area contributed by atoms with Gasteiger partial charge < -0.3 is 5.32 Å². The molecule has 0 aliphatic heterocycles. The minimum Gasteiger partial charge on any atom is -0.379 e. The second kappa shape index (κ2) is 6.01. The number of carbonyl (C=O) groups excluding carboxylic acids is 2. The Labute approximate surface area is 140 Å². The van der Waals surface area contributed by atoms with Crippen LogP contribution in [0.2, 0.25) is 5.02 Å². The maximum Gasteiger partial charge on any atom is 0.210 e. The van der Waals surface area contributed by atoms with Gasteiger partial charge in [-0.1, -0.05) is 48.0 Å². The van der Waals surface area contributed by atoms with Crippen LogP contribution in [0.3, 0.4) is 0 Å². The Hall–Kier alpha value is -2.39. The van der Waals surface area contributed by atoms with E-state index in [1.54, 1.807) is 48.5 Å². The van der Waals surface area contributed by atoms with Gasteiger partial charge in [0.15, 0.2) is 5.78 Å². The summed E-state index contributed by atoms with van der Waals surface area (Å²) in [5, 5.41) is 3.73. The highest BCUT2D eigenvalue weighted by Gasteiger charge is 2.32. The molecule has 0 fully saturated rings. The number of Topliss-reactive ketones (excluding diaryl/α,β-unsaturated/α-hetero) is 2. The van der Waals surface area contributed by atoms with Crippen molar-refractivity contribution in [3.05, 3.63) is 75.9 Å². The van der Waals surface area contributed by atoms with Gasteiger partial charge in [-0.15, -0.1) is 0 Å². The lowest BCUT2D eigenvalue weighted by Gasteiger charge is -2.23. The monoisotopic (exact) mass is 325 g/mol. The molecule has 0 unspecified atom stereocenters. The summed E-state index contributed by atoms with van der Waals surface area (Å²) in [6.07, 6.45) is 0. The number of nitrogens with one attached hydrogen (secondary N) is 1. The van der Waals surface area contributed by atoms with Crippen molar-refractivity contribution in [3.63, 3.8) is 0 Å². The Morgan fingerprint density at radius 2 is 1.43 bits per heavy atom. The molecule has 23 heavy (non-hydrogen) atoms. The Bertz CT molecular complexity index is 820. The van der Waals surface area contributed by atoms with Crippen molar-refractivity contribution in [2.75, 3.05) is 0 Å². The van der Waals surface area contributed by atoms with E-state index < -0.39 is 0 Å². The van der Waals surface area contributed by atoms with Gasteiger partial charge in [-0.25, -0.2) is 0 Å². The van der Waals surface area contributed by atoms with E-state index in [0.717, 1.165) is 0 Å². The summed E-state index contributed by atoms with van der Waals surface area (Å²) >= 11 is 5.93. The van der Waals surface area contributed by atoms with Crippen LogP contribution in [-0.2, 0) is 0 Å². The smallest absolute Gasteiger partial charge is 0.210 e. The average Bonchev–Trinajstić information content (AvgIpc) is 2.54. The number of halogens is 1. The Balaban J connectivity index is 2.23. The SMILES string of the molecule is CC(C)NC1=C(c2ccc(Cl)cc2)C(=O)c2ccccc2C1=O. The maximum atomic E-state index is 13.0. The van der Waals surface area contributed by atoms with E-state index in [1.807, 2.05) is 13.8 Å². The highest BCUT2D eigenvalue weighted by molar-refractivity contribution is 6.40. The zero-order valence-electron chi connectivity index (χ0n) is 12.9. The van der Waals surface area contributed by atoms with Crippen LogP contribution >= 0.6 is 11.6 Å². The number of benzene rings is 2. The summed E-state index contributed by atoms with van der Waals surface area (Å²) in [7, 11) is 0. The molecule has 1 aliphatic carbocycles. The van der Waals surface area contributed by atoms with Crippen molar-refractivity contribution in [2.45, 2.75) is 19.9 Å². The molecule has 0 saturated carbocycles. The quantitative estimate of drug-likeness (QED) is 0.923. The van der Waals surface area contributed by atoms with E-state index >= 15 is 0 Å². The third-order valence-electron chi connectivity index (χ3n) is 3.69. The van der Waals surface area contributed by atoms with Crippen LogP contribution in [0.4, 0.5) is 0 Å². The van der Waals surface area contributed by atoms with Crippen LogP contribution in [-0.4, -0.2) is 17.6 Å². The molecule has 0 atom stereocenters. The van der Waals surface area contributed by atoms with E-state index in [4.69, 9.17) is 11.6 Å². The fraction of sp³-hybridized carbons (Fsp3) is 0.158. The van der Waals surface area contributed by atoms with Crippen molar-refractivity contribution in [1.29, 1.82) is 0 Å². The van der Waals surface area contributed by atoms with Crippen LogP contribution in [0.25, 0.3) is 5.57 Å². The summed E-state index contributed by atoms with van der Waals surface area (Å²) in [6.45, 7) is 3.87. The van der Waals surface area contributed by atoms with Crippen molar-refractivity contribution in [1.82, 2.24) is 5.32 Å². The largest absolute Gasteiger partial charge is 0.379 e. The zero-order chi connectivity index (χ0) is 16.6. The molecule has 1 N–H and O–H groups in total. The predicted octanol–water partition coefficient (Wildman–Crippen LogP) is 4.13. The van der Waals surface area contributed by atoms with E-state index in [-0.39, 0.29) is 17.6 Å². The number of hydrogen-bond donors (Lipinski definition) is 1. The lowest BCUT2D eigenvalue weighted by atomic mass is 9.84. The topological polar surface area (TPSA) is 46.2 Å². The van der Waals surface area contributed by atoms with Gasteiger partial charge in [-0.3, -0.25) is 9.59 Å². The molecular formula is C19H16ClNO2. The minimum atomic E-state index is -0.154. The van der Waals surface area contributed by atoms with Crippen molar-refractivity contribution < 1.29 is 9.59 Å². The molecule has 0 bridgehead atoms. The summed E-state index contributed by atoms with van der Waals surface area (Å²) < 4.78 is 0. The molecule has 2 aromatic carbocycles. The normalized spacial score (nSPS) is 14.3. The Morgan fingerprint density at radius 1 is 0.870 bits per heavy atom. The van der Waals surface area contributed by atoms with Gasteiger partial charge >= 0.3 is 0 Å². The van der Waals surface area contributed by atoms with Crippen molar-refractivity contribution in [3.8, 4) is 0 Å². The molecule has 0 spiro atoms. The molecule has 0 saturated heterocycles. The molecule has 2 aromatic rings. The number of carbonyl (C=O) groups is 2. The molecule has 0 radical (unpaired) electrons. The Kier molecular flexibility index (Phi) is 4.05. The minimum absolute atomic E-state index is 0.0364. The zero-order valence-corrected chi connectivity index (χ0v) is 13.6. The lowest BCUT2D eigenvalue weighted by molar-refractivity contribution is 0.0984. The van der Waals surface area contributed by atoms with Crippen LogP contribution in [0, 0.1) is 0 Å². The highest BCUT2D eigenvalue weighted by Crippen LogP contribution is 2.32. The summed E-state index contributed by atoms with van der Waals surface area (Å²) in [5.74, 6) is -0.301. The molecule has 3 rings (SSSR count). The third kappa shape index (κ3) is 2.80. The third-order valence-corrected chi connectivity index (χ3v) is 3.94. The fourth-order valence-electron chi connectivity index (χ4n) is 2.69. The van der Waals surface area contributed by atoms with Crippen LogP contribution in [0.5, 0.6) is 0 Å². The average molecular weight is 326 g/mol. The molecule has 3 nitrogen and oxygen atoms in total. The van der Waals surface area contributed by atoms with E-state index in [1.165, 1.54) is 0 Å². The van der Waals surface area contributed by atoms with Crippen LogP contribution in [0.1, 0.15) is 40.1 Å². The molecule has 116 valence electrons. The first kappa shape index (κ1) is 15.5. The molecule has 0 amide bonds. The number of rotatable bonds is 3. The van der Waals surface area contributed by atoms with Gasteiger partial charge in [0, 0.05) is 22.2 Å². The van der Waals surface area contributed by atoms with Crippen molar-refractivity contribution in [2.24, 2.45) is 0 Å². The van der Waals surface area contributed by atoms with Gasteiger partial charge in [0.2, 0.25) is 5.78 Å². The van der Waals surface area contributed by atoms with Gasteiger partial charge in [-0.05, 0) is 31.5 Å². The van der Waals surface area contributed by atoms with E-state index in [0.29, 0.717) is 33.0 Å². The Morgan fingerprint density at radius 3 is 2.00 bits per heavy atom. The number of allylic oxidation sites excluding steroid dienone is 2. The van der Waals surface area contributed by atoms with Gasteiger partial charge in [0.05, 0.1) is 11.3 Å². The molecular weight excluding hydrogens is 310 g/mol. The molecule has 0 aromatic heterocycles. The van der Waals surface area contributed by atoms with Crippen LogP contribution in [0.15, 0.2) is 54.2 Å². The van der Waals surface area contributed by atoms with E-state index in [2.05, 4.69) is 5.32 Å². The first-order valence-corrected chi connectivity index (χ1v) is 7.82.